The summed E-state index contributed by atoms with van der Waals surface area (Å²) in [6.45, 7) is 1.98. The van der Waals surface area contributed by atoms with Crippen LogP contribution in [0.3, 0.4) is 0 Å². The number of rotatable bonds is 5. The average molecular weight is 339 g/mol. The minimum atomic E-state index is -3.58. The van der Waals surface area contributed by atoms with Gasteiger partial charge in [-0.1, -0.05) is 29.8 Å². The zero-order chi connectivity index (χ0) is 16.4. The second-order valence-electron chi connectivity index (χ2n) is 5.05. The topological polar surface area (TPSA) is 80.3 Å². The van der Waals surface area contributed by atoms with E-state index in [1.807, 2.05) is 6.92 Å². The van der Waals surface area contributed by atoms with Crippen LogP contribution < -0.4 is 4.72 Å². The summed E-state index contributed by atoms with van der Waals surface area (Å²) in [5, 5.41) is 0. The monoisotopic (exact) mass is 339 g/mol. The molecular formula is C15H17NO4S2. The van der Waals surface area contributed by atoms with Gasteiger partial charge in [0.2, 0.25) is 10.0 Å². The van der Waals surface area contributed by atoms with Gasteiger partial charge in [-0.05, 0) is 36.8 Å². The first kappa shape index (κ1) is 16.7. The highest BCUT2D eigenvalue weighted by atomic mass is 32.2. The van der Waals surface area contributed by atoms with E-state index in [2.05, 4.69) is 4.72 Å². The van der Waals surface area contributed by atoms with Crippen molar-refractivity contribution in [3.63, 3.8) is 0 Å². The zero-order valence-electron chi connectivity index (χ0n) is 12.3. The molecule has 7 heteroatoms. The molecule has 0 aliphatic rings. The van der Waals surface area contributed by atoms with Gasteiger partial charge in [0.25, 0.3) is 0 Å². The van der Waals surface area contributed by atoms with Crippen molar-refractivity contribution >= 4 is 19.9 Å². The maximum atomic E-state index is 12.1. The molecule has 0 fully saturated rings. The number of aryl methyl sites for hydroxylation is 1. The molecule has 22 heavy (non-hydrogen) atoms. The summed E-state index contributed by atoms with van der Waals surface area (Å²) >= 11 is 0. The molecule has 1 N–H and O–H groups in total. The van der Waals surface area contributed by atoms with Crippen molar-refractivity contribution in [3.8, 4) is 0 Å². The number of hydrogen-bond donors (Lipinski definition) is 1. The smallest absolute Gasteiger partial charge is 0.224 e. The molecule has 0 bridgehead atoms. The van der Waals surface area contributed by atoms with Gasteiger partial charge in [0.05, 0.1) is 9.79 Å². The van der Waals surface area contributed by atoms with Gasteiger partial charge in [-0.15, -0.1) is 0 Å². The van der Waals surface area contributed by atoms with Crippen LogP contribution in [0.15, 0.2) is 58.3 Å². The van der Waals surface area contributed by atoms with Gasteiger partial charge >= 0.3 is 0 Å². The number of sulfone groups is 1. The van der Waals surface area contributed by atoms with E-state index in [0.717, 1.165) is 11.8 Å². The number of nitrogens with one attached hydrogen (secondary N) is 1. The van der Waals surface area contributed by atoms with Crippen LogP contribution in [0.5, 0.6) is 0 Å². The molecule has 0 amide bonds. The van der Waals surface area contributed by atoms with Crippen LogP contribution >= 0.6 is 0 Å². The fourth-order valence-corrected chi connectivity index (χ4v) is 3.48. The third-order valence-electron chi connectivity index (χ3n) is 3.15. The highest BCUT2D eigenvalue weighted by Crippen LogP contribution is 2.13. The lowest BCUT2D eigenvalue weighted by Gasteiger charge is -2.08. The number of benzene rings is 2. The molecule has 0 radical (unpaired) electrons. The third-order valence-corrected chi connectivity index (χ3v) is 5.69. The summed E-state index contributed by atoms with van der Waals surface area (Å²) in [6, 6.07) is 12.7. The average Bonchev–Trinajstić information content (AvgIpc) is 2.45. The van der Waals surface area contributed by atoms with E-state index in [1.54, 1.807) is 36.4 Å². The fourth-order valence-electron chi connectivity index (χ4n) is 1.83. The Morgan fingerprint density at radius 1 is 0.818 bits per heavy atom. The zero-order valence-corrected chi connectivity index (χ0v) is 13.9. The Hall–Kier alpha value is -1.70. The molecule has 2 aromatic rings. The van der Waals surface area contributed by atoms with Gasteiger partial charge in [-0.25, -0.2) is 21.6 Å². The third kappa shape index (κ3) is 4.16. The lowest BCUT2D eigenvalue weighted by Crippen LogP contribution is -2.23. The lowest BCUT2D eigenvalue weighted by atomic mass is 10.2. The number of sulfonamides is 1. The first-order chi connectivity index (χ1) is 10.2. The van der Waals surface area contributed by atoms with Gasteiger partial charge in [0.1, 0.15) is 0 Å². The van der Waals surface area contributed by atoms with Crippen LogP contribution in [0.2, 0.25) is 0 Å². The summed E-state index contributed by atoms with van der Waals surface area (Å²) in [5.41, 5.74) is 1.67. The van der Waals surface area contributed by atoms with E-state index in [1.165, 1.54) is 12.1 Å². The predicted octanol–water partition coefficient (Wildman–Crippen LogP) is 1.88. The fraction of sp³-hybridized carbons (Fsp3) is 0.200. The molecule has 0 atom stereocenters. The normalized spacial score (nSPS) is 12.3. The van der Waals surface area contributed by atoms with Gasteiger partial charge < -0.3 is 0 Å². The van der Waals surface area contributed by atoms with Gasteiger partial charge in [0.15, 0.2) is 9.84 Å². The van der Waals surface area contributed by atoms with E-state index < -0.39 is 19.9 Å². The van der Waals surface area contributed by atoms with Crippen molar-refractivity contribution in [2.45, 2.75) is 23.3 Å². The molecule has 0 aliphatic carbocycles. The van der Waals surface area contributed by atoms with Crippen LogP contribution in [-0.4, -0.2) is 23.1 Å². The van der Waals surface area contributed by atoms with E-state index in [-0.39, 0.29) is 16.3 Å². The second kappa shape index (κ2) is 6.20. The van der Waals surface area contributed by atoms with Crippen LogP contribution in [0, 0.1) is 6.92 Å². The Balaban J connectivity index is 2.10. The summed E-state index contributed by atoms with van der Waals surface area (Å²) in [7, 11) is -6.83. The van der Waals surface area contributed by atoms with Crippen LogP contribution in [-0.2, 0) is 26.4 Å². The minimum Gasteiger partial charge on any atom is -0.224 e. The van der Waals surface area contributed by atoms with E-state index >= 15 is 0 Å². The minimum absolute atomic E-state index is 0.0975. The first-order valence-electron chi connectivity index (χ1n) is 6.54. The Kier molecular flexibility index (Phi) is 4.69. The van der Waals surface area contributed by atoms with E-state index in [0.29, 0.717) is 5.56 Å². The summed E-state index contributed by atoms with van der Waals surface area (Å²) in [5.74, 6) is 0. The molecule has 0 heterocycles. The molecule has 0 spiro atoms. The standard InChI is InChI=1S/C15H17NO4S2/c1-12-3-7-15(8-4-12)22(19,20)16-11-13-5-9-14(10-6-13)21(2,17)18/h3-10,16H,11H2,1-2H3. The summed E-state index contributed by atoms with van der Waals surface area (Å²) in [4.78, 5) is 0.406. The molecular weight excluding hydrogens is 322 g/mol. The molecule has 0 aromatic heterocycles. The Morgan fingerprint density at radius 3 is 1.82 bits per heavy atom. The highest BCUT2D eigenvalue weighted by Gasteiger charge is 2.13. The SMILES string of the molecule is Cc1ccc(S(=O)(=O)NCc2ccc(S(C)(=O)=O)cc2)cc1. The molecule has 0 saturated carbocycles. The van der Waals surface area contributed by atoms with Crippen molar-refractivity contribution in [2.24, 2.45) is 0 Å². The molecule has 0 aliphatic heterocycles. The molecule has 0 saturated heterocycles. The van der Waals surface area contributed by atoms with Gasteiger partial charge in [-0.3, -0.25) is 0 Å². The van der Waals surface area contributed by atoms with Crippen molar-refractivity contribution in [2.75, 3.05) is 6.26 Å². The van der Waals surface area contributed by atoms with Crippen molar-refractivity contribution in [3.05, 3.63) is 59.7 Å². The van der Waals surface area contributed by atoms with Crippen LogP contribution in [0.1, 0.15) is 11.1 Å². The van der Waals surface area contributed by atoms with Crippen LogP contribution in [0.4, 0.5) is 0 Å². The highest BCUT2D eigenvalue weighted by molar-refractivity contribution is 7.90. The molecule has 118 valence electrons. The van der Waals surface area contributed by atoms with Crippen molar-refractivity contribution in [1.29, 1.82) is 0 Å². The Labute approximate surface area is 131 Å². The molecule has 2 aromatic carbocycles. The Morgan fingerprint density at radius 2 is 1.32 bits per heavy atom. The van der Waals surface area contributed by atoms with E-state index in [4.69, 9.17) is 0 Å². The van der Waals surface area contributed by atoms with Crippen molar-refractivity contribution < 1.29 is 16.8 Å². The Bertz CT molecular complexity index is 853. The maximum absolute atomic E-state index is 12.1. The van der Waals surface area contributed by atoms with Crippen molar-refractivity contribution in [1.82, 2.24) is 4.72 Å². The first-order valence-corrected chi connectivity index (χ1v) is 9.91. The molecule has 2 rings (SSSR count). The molecule has 0 unspecified atom stereocenters. The predicted molar refractivity (Wildman–Crippen MR) is 84.8 cm³/mol. The maximum Gasteiger partial charge on any atom is 0.240 e. The number of hydrogen-bond acceptors (Lipinski definition) is 4. The summed E-state index contributed by atoms with van der Waals surface area (Å²) in [6.07, 6.45) is 1.13. The lowest BCUT2D eigenvalue weighted by molar-refractivity contribution is 0.581. The van der Waals surface area contributed by atoms with E-state index in [9.17, 15) is 16.8 Å². The van der Waals surface area contributed by atoms with Crippen LogP contribution in [0.25, 0.3) is 0 Å². The quantitative estimate of drug-likeness (QED) is 0.902. The van der Waals surface area contributed by atoms with Gasteiger partial charge in [0, 0.05) is 12.8 Å². The summed E-state index contributed by atoms with van der Waals surface area (Å²) < 4.78 is 49.5. The van der Waals surface area contributed by atoms with Gasteiger partial charge in [-0.2, -0.15) is 0 Å². The molecule has 5 nitrogen and oxygen atoms in total. The largest absolute Gasteiger partial charge is 0.240 e. The second-order valence-corrected chi connectivity index (χ2v) is 8.84.